The van der Waals surface area contributed by atoms with Crippen molar-refractivity contribution in [3.8, 4) is 0 Å². The third-order valence-electron chi connectivity index (χ3n) is 10.4. The smallest absolute Gasteiger partial charge is 0.362 e. The topological polar surface area (TPSA) is 99.1 Å². The van der Waals surface area contributed by atoms with Crippen molar-refractivity contribution in [2.75, 3.05) is 41.0 Å². The molecular formula is C51H90NO7+. The van der Waals surface area contributed by atoms with E-state index in [1.807, 2.05) is 21.1 Å². The molecule has 0 fully saturated rings. The van der Waals surface area contributed by atoms with Gasteiger partial charge in [-0.2, -0.15) is 0 Å². The lowest BCUT2D eigenvalue weighted by Crippen LogP contribution is -2.50. The third kappa shape index (κ3) is 40.2. The lowest BCUT2D eigenvalue weighted by Gasteiger charge is -2.31. The molecular weight excluding hydrogens is 739 g/mol. The summed E-state index contributed by atoms with van der Waals surface area (Å²) in [5, 5.41) is 9.64. The SMILES string of the molecule is CC/C=C\C/C=C\C/C=C\C/C=C\CCCCCCCCC(=O)OC(COCCC(C(=O)O)[N+](C)(C)C)COC(=O)CCCCCCC/C=C\CCCCCCCCC. The van der Waals surface area contributed by atoms with Gasteiger partial charge in [0.25, 0.3) is 0 Å². The summed E-state index contributed by atoms with van der Waals surface area (Å²) >= 11 is 0. The number of rotatable bonds is 42. The standard InChI is InChI=1S/C51H89NO7/c1-6-8-10-12-14-16-18-20-22-24-25-26-28-30-32-34-36-38-40-42-50(54)59-47(45-57-44-43-48(51(55)56)52(3,4)5)46-58-49(53)41-39-37-35-33-31-29-27-23-21-19-17-15-13-11-9-7-2/h8,10,14,16,20,22-23,25-27,47-48H,6-7,9,11-13,15,17-19,21,24,28-46H2,1-5H3/p+1/b10-8-,16-14-,22-20-,26-25-,27-23-. The van der Waals surface area contributed by atoms with E-state index in [2.05, 4.69) is 74.6 Å². The molecule has 340 valence electrons. The number of carboxylic acids is 1. The molecule has 1 N–H and O–H groups in total. The van der Waals surface area contributed by atoms with Gasteiger partial charge in [0.1, 0.15) is 6.61 Å². The Labute approximate surface area is 362 Å². The molecule has 0 bridgehead atoms. The largest absolute Gasteiger partial charge is 0.477 e. The monoisotopic (exact) mass is 829 g/mol. The van der Waals surface area contributed by atoms with Crippen molar-refractivity contribution in [2.45, 2.75) is 206 Å². The van der Waals surface area contributed by atoms with Crippen LogP contribution in [0.2, 0.25) is 0 Å². The summed E-state index contributed by atoms with van der Waals surface area (Å²) in [6.45, 7) is 4.60. The summed E-state index contributed by atoms with van der Waals surface area (Å²) < 4.78 is 17.3. The molecule has 0 saturated heterocycles. The van der Waals surface area contributed by atoms with Crippen LogP contribution in [-0.2, 0) is 28.6 Å². The van der Waals surface area contributed by atoms with E-state index in [4.69, 9.17) is 14.2 Å². The zero-order valence-corrected chi connectivity index (χ0v) is 38.7. The van der Waals surface area contributed by atoms with Crippen LogP contribution in [0, 0.1) is 0 Å². The van der Waals surface area contributed by atoms with Crippen LogP contribution < -0.4 is 0 Å². The number of esters is 2. The molecule has 0 aliphatic heterocycles. The van der Waals surface area contributed by atoms with Gasteiger partial charge < -0.3 is 23.8 Å². The van der Waals surface area contributed by atoms with E-state index in [-0.39, 0.29) is 36.2 Å². The predicted molar refractivity (Wildman–Crippen MR) is 247 cm³/mol. The molecule has 0 rings (SSSR count). The Morgan fingerprint density at radius 3 is 1.42 bits per heavy atom. The summed E-state index contributed by atoms with van der Waals surface area (Å²) in [6, 6.07) is -0.621. The third-order valence-corrected chi connectivity index (χ3v) is 10.4. The number of carbonyl (C=O) groups excluding carboxylic acids is 2. The number of hydrogen-bond acceptors (Lipinski definition) is 6. The zero-order chi connectivity index (χ0) is 43.5. The number of carbonyl (C=O) groups is 3. The highest BCUT2D eigenvalue weighted by atomic mass is 16.6. The maximum absolute atomic E-state index is 12.8. The maximum atomic E-state index is 12.8. The Balaban J connectivity index is 4.35. The van der Waals surface area contributed by atoms with Gasteiger partial charge in [-0.3, -0.25) is 9.59 Å². The van der Waals surface area contributed by atoms with Crippen LogP contribution in [-0.4, -0.2) is 80.6 Å². The van der Waals surface area contributed by atoms with E-state index in [1.54, 1.807) is 0 Å². The second kappa shape index (κ2) is 41.8. The number of nitrogens with zero attached hydrogens (tertiary/aromatic N) is 1. The van der Waals surface area contributed by atoms with Crippen molar-refractivity contribution < 1.29 is 38.2 Å². The molecule has 0 aromatic rings. The number of carboxylic acid groups (broad SMARTS) is 1. The van der Waals surface area contributed by atoms with Gasteiger partial charge in [0.05, 0.1) is 34.4 Å². The average Bonchev–Trinajstić information content (AvgIpc) is 3.19. The molecule has 0 aliphatic rings. The Morgan fingerprint density at radius 2 is 0.949 bits per heavy atom. The number of ether oxygens (including phenoxy) is 3. The van der Waals surface area contributed by atoms with Crippen molar-refractivity contribution in [1.29, 1.82) is 0 Å². The van der Waals surface area contributed by atoms with Crippen LogP contribution in [0.15, 0.2) is 60.8 Å². The van der Waals surface area contributed by atoms with Gasteiger partial charge in [-0.25, -0.2) is 4.79 Å². The predicted octanol–water partition coefficient (Wildman–Crippen LogP) is 13.4. The number of hydrogen-bond donors (Lipinski definition) is 1. The van der Waals surface area contributed by atoms with Crippen LogP contribution in [0.4, 0.5) is 0 Å². The van der Waals surface area contributed by atoms with Crippen molar-refractivity contribution in [1.82, 2.24) is 0 Å². The van der Waals surface area contributed by atoms with E-state index in [0.29, 0.717) is 19.3 Å². The molecule has 0 amide bonds. The minimum absolute atomic E-state index is 0.0509. The summed E-state index contributed by atoms with van der Waals surface area (Å²) in [4.78, 5) is 37.1. The van der Waals surface area contributed by atoms with Gasteiger partial charge in [0, 0.05) is 19.3 Å². The summed E-state index contributed by atoms with van der Waals surface area (Å²) in [6.07, 6.45) is 51.2. The Morgan fingerprint density at radius 1 is 0.525 bits per heavy atom. The quantitative estimate of drug-likeness (QED) is 0.0283. The lowest BCUT2D eigenvalue weighted by atomic mass is 10.1. The van der Waals surface area contributed by atoms with Gasteiger partial charge >= 0.3 is 17.9 Å². The maximum Gasteiger partial charge on any atom is 0.362 e. The van der Waals surface area contributed by atoms with Gasteiger partial charge in [-0.05, 0) is 77.0 Å². The fourth-order valence-corrected chi connectivity index (χ4v) is 6.72. The van der Waals surface area contributed by atoms with Crippen molar-refractivity contribution >= 4 is 17.9 Å². The second-order valence-electron chi connectivity index (χ2n) is 17.0. The highest BCUT2D eigenvalue weighted by Gasteiger charge is 2.31. The number of aliphatic carboxylic acids is 1. The normalized spacial score (nSPS) is 13.4. The molecule has 0 spiro atoms. The molecule has 0 aliphatic carbocycles. The Kier molecular flexibility index (Phi) is 39.6. The molecule has 59 heavy (non-hydrogen) atoms. The molecule has 0 heterocycles. The van der Waals surface area contributed by atoms with Crippen LogP contribution >= 0.6 is 0 Å². The van der Waals surface area contributed by atoms with Gasteiger partial charge in [0.2, 0.25) is 0 Å². The molecule has 2 unspecified atom stereocenters. The molecule has 0 aromatic heterocycles. The fourth-order valence-electron chi connectivity index (χ4n) is 6.72. The van der Waals surface area contributed by atoms with Crippen LogP contribution in [0.25, 0.3) is 0 Å². The molecule has 8 nitrogen and oxygen atoms in total. The second-order valence-corrected chi connectivity index (χ2v) is 17.0. The zero-order valence-electron chi connectivity index (χ0n) is 38.7. The molecule has 8 heteroatoms. The minimum atomic E-state index is -0.880. The number of likely N-dealkylation sites (N-methyl/N-ethyl adjacent to an activating group) is 1. The van der Waals surface area contributed by atoms with E-state index >= 15 is 0 Å². The first-order valence-corrected chi connectivity index (χ1v) is 23.8. The highest BCUT2D eigenvalue weighted by Crippen LogP contribution is 2.14. The van der Waals surface area contributed by atoms with E-state index in [1.165, 1.54) is 70.6 Å². The van der Waals surface area contributed by atoms with Gasteiger partial charge in [-0.15, -0.1) is 0 Å². The molecule has 2 atom stereocenters. The number of allylic oxidation sites excluding steroid dienone is 10. The Bertz CT molecular complexity index is 1150. The average molecular weight is 829 g/mol. The number of unbranched alkanes of at least 4 members (excludes halogenated alkanes) is 18. The van der Waals surface area contributed by atoms with Crippen molar-refractivity contribution in [2.24, 2.45) is 0 Å². The van der Waals surface area contributed by atoms with E-state index in [9.17, 15) is 19.5 Å². The first-order valence-electron chi connectivity index (χ1n) is 23.8. The number of quaternary nitrogens is 1. The van der Waals surface area contributed by atoms with Crippen molar-refractivity contribution in [3.63, 3.8) is 0 Å². The lowest BCUT2D eigenvalue weighted by molar-refractivity contribution is -0.887. The van der Waals surface area contributed by atoms with E-state index in [0.717, 1.165) is 89.9 Å². The van der Waals surface area contributed by atoms with E-state index < -0.39 is 18.1 Å². The Hall–Kier alpha value is -2.97. The molecule has 0 saturated carbocycles. The minimum Gasteiger partial charge on any atom is -0.477 e. The summed E-state index contributed by atoms with van der Waals surface area (Å²) in [7, 11) is 5.52. The first kappa shape index (κ1) is 56.0. The van der Waals surface area contributed by atoms with Gasteiger partial charge in [0.15, 0.2) is 12.1 Å². The van der Waals surface area contributed by atoms with Crippen LogP contribution in [0.1, 0.15) is 194 Å². The van der Waals surface area contributed by atoms with Crippen LogP contribution in [0.3, 0.4) is 0 Å². The summed E-state index contributed by atoms with van der Waals surface area (Å²) in [5.41, 5.74) is 0. The van der Waals surface area contributed by atoms with Crippen LogP contribution in [0.5, 0.6) is 0 Å². The molecule has 0 aromatic carbocycles. The highest BCUT2D eigenvalue weighted by molar-refractivity contribution is 5.72. The first-order chi connectivity index (χ1) is 28.6. The fraction of sp³-hybridized carbons (Fsp3) is 0.745. The van der Waals surface area contributed by atoms with Crippen molar-refractivity contribution in [3.05, 3.63) is 60.8 Å². The molecule has 0 radical (unpaired) electrons. The van der Waals surface area contributed by atoms with Gasteiger partial charge in [-0.1, -0.05) is 158 Å². The summed E-state index contributed by atoms with van der Waals surface area (Å²) in [5.74, 6) is -1.50.